The molecule has 2 aromatic heterocycles. The molecule has 0 aliphatic heterocycles. The van der Waals surface area contributed by atoms with Gasteiger partial charge in [0.15, 0.2) is 5.82 Å². The zero-order valence-electron chi connectivity index (χ0n) is 14.1. The number of amides is 2. The van der Waals surface area contributed by atoms with E-state index in [1.54, 1.807) is 35.4 Å². The highest BCUT2D eigenvalue weighted by Crippen LogP contribution is 2.12. The van der Waals surface area contributed by atoms with Crippen molar-refractivity contribution in [1.29, 1.82) is 0 Å². The van der Waals surface area contributed by atoms with Crippen LogP contribution in [0.25, 0.3) is 5.82 Å². The summed E-state index contributed by atoms with van der Waals surface area (Å²) in [6.45, 7) is 0.315. The maximum absolute atomic E-state index is 13.7. The van der Waals surface area contributed by atoms with Crippen LogP contribution in [0.2, 0.25) is 0 Å². The Labute approximate surface area is 149 Å². The predicted octanol–water partition coefficient (Wildman–Crippen LogP) is 2.89. The van der Waals surface area contributed by atoms with Crippen LogP contribution in [0.3, 0.4) is 0 Å². The van der Waals surface area contributed by atoms with Gasteiger partial charge in [0.05, 0.1) is 0 Å². The van der Waals surface area contributed by atoms with E-state index in [-0.39, 0.29) is 24.7 Å². The van der Waals surface area contributed by atoms with Crippen molar-refractivity contribution in [1.82, 2.24) is 25.0 Å². The first-order valence-electron chi connectivity index (χ1n) is 7.91. The molecule has 3 rings (SSSR count). The van der Waals surface area contributed by atoms with Gasteiger partial charge in [-0.25, -0.2) is 23.2 Å². The van der Waals surface area contributed by atoms with Crippen LogP contribution in [0, 0.1) is 11.6 Å². The Morgan fingerprint density at radius 3 is 2.77 bits per heavy atom. The molecule has 0 aliphatic carbocycles. The van der Waals surface area contributed by atoms with Gasteiger partial charge < -0.3 is 10.2 Å². The van der Waals surface area contributed by atoms with Gasteiger partial charge in [0.1, 0.15) is 11.6 Å². The van der Waals surface area contributed by atoms with Crippen LogP contribution in [0.15, 0.2) is 55.0 Å². The molecule has 0 radical (unpaired) electrons. The highest BCUT2D eigenvalue weighted by atomic mass is 19.1. The molecule has 0 atom stereocenters. The van der Waals surface area contributed by atoms with Crippen LogP contribution >= 0.6 is 0 Å². The predicted molar refractivity (Wildman–Crippen MR) is 91.4 cm³/mol. The van der Waals surface area contributed by atoms with Crippen molar-refractivity contribution in [2.45, 2.75) is 13.1 Å². The number of rotatable bonds is 5. The van der Waals surface area contributed by atoms with Crippen molar-refractivity contribution < 1.29 is 13.6 Å². The van der Waals surface area contributed by atoms with E-state index in [0.717, 1.165) is 17.7 Å². The average Bonchev–Trinajstić information content (AvgIpc) is 3.17. The smallest absolute Gasteiger partial charge is 0.317 e. The van der Waals surface area contributed by atoms with Crippen LogP contribution in [0.4, 0.5) is 13.6 Å². The number of aromatic nitrogens is 3. The first-order chi connectivity index (χ1) is 12.5. The normalized spacial score (nSPS) is 10.6. The minimum atomic E-state index is -0.678. The van der Waals surface area contributed by atoms with Crippen LogP contribution in [0.1, 0.15) is 11.1 Å². The van der Waals surface area contributed by atoms with Crippen LogP contribution in [0.5, 0.6) is 0 Å². The largest absolute Gasteiger partial charge is 0.334 e. The Hall–Kier alpha value is -3.29. The first-order valence-corrected chi connectivity index (χ1v) is 7.91. The second-order valence-electron chi connectivity index (χ2n) is 5.73. The number of carbonyl (C=O) groups is 1. The Morgan fingerprint density at radius 2 is 2.12 bits per heavy atom. The number of hydrogen-bond acceptors (Lipinski definition) is 3. The minimum absolute atomic E-state index is 0.0361. The van der Waals surface area contributed by atoms with Gasteiger partial charge in [-0.2, -0.15) is 5.10 Å². The number of nitrogens with zero attached hydrogens (tertiary/aromatic N) is 4. The molecule has 8 heteroatoms. The molecule has 0 aliphatic rings. The molecule has 0 fully saturated rings. The molecule has 0 spiro atoms. The summed E-state index contributed by atoms with van der Waals surface area (Å²) in [6, 6.07) is 8.35. The maximum Gasteiger partial charge on any atom is 0.317 e. The maximum atomic E-state index is 13.7. The molecule has 6 nitrogen and oxygen atoms in total. The molecular formula is C18H17F2N5O. The molecule has 26 heavy (non-hydrogen) atoms. The highest BCUT2D eigenvalue weighted by Gasteiger charge is 2.12. The third-order valence-corrected chi connectivity index (χ3v) is 3.76. The summed E-state index contributed by atoms with van der Waals surface area (Å²) in [7, 11) is 1.54. The van der Waals surface area contributed by atoms with Gasteiger partial charge >= 0.3 is 6.03 Å². The van der Waals surface area contributed by atoms with E-state index in [1.165, 1.54) is 18.0 Å². The summed E-state index contributed by atoms with van der Waals surface area (Å²) in [6.07, 6.45) is 5.10. The number of nitrogens with one attached hydrogen (secondary N) is 1. The van der Waals surface area contributed by atoms with E-state index >= 15 is 0 Å². The molecular weight excluding hydrogens is 340 g/mol. The third-order valence-electron chi connectivity index (χ3n) is 3.76. The summed E-state index contributed by atoms with van der Waals surface area (Å²) in [5.74, 6) is -0.651. The molecule has 2 heterocycles. The Morgan fingerprint density at radius 1 is 1.27 bits per heavy atom. The number of hydrogen-bond donors (Lipinski definition) is 1. The van der Waals surface area contributed by atoms with Crippen molar-refractivity contribution in [3.8, 4) is 5.82 Å². The lowest BCUT2D eigenvalue weighted by atomic mass is 10.2. The van der Waals surface area contributed by atoms with Crippen molar-refractivity contribution in [2.24, 2.45) is 0 Å². The molecule has 1 N–H and O–H groups in total. The average molecular weight is 357 g/mol. The number of carbonyl (C=O) groups excluding carboxylic acids is 1. The lowest BCUT2D eigenvalue weighted by molar-refractivity contribution is 0.206. The van der Waals surface area contributed by atoms with Gasteiger partial charge in [0.2, 0.25) is 0 Å². The quantitative estimate of drug-likeness (QED) is 0.764. The minimum Gasteiger partial charge on any atom is -0.334 e. The number of pyridine rings is 1. The lowest BCUT2D eigenvalue weighted by Crippen LogP contribution is -2.36. The topological polar surface area (TPSA) is 63.1 Å². The zero-order valence-corrected chi connectivity index (χ0v) is 14.1. The fourth-order valence-corrected chi connectivity index (χ4v) is 2.35. The van der Waals surface area contributed by atoms with E-state index in [9.17, 15) is 13.6 Å². The fraction of sp³-hybridized carbons (Fsp3) is 0.167. The summed E-state index contributed by atoms with van der Waals surface area (Å²) in [5.41, 5.74) is 1.06. The standard InChI is InChI=1S/C18H17F2N5O/c1-24(12-14-4-5-15(19)9-16(14)20)18(26)22-11-13-3-6-17(21-10-13)25-8-2-7-23-25/h2-10H,11-12H2,1H3,(H,22,26). The summed E-state index contributed by atoms with van der Waals surface area (Å²) in [4.78, 5) is 17.7. The molecule has 3 aromatic rings. The van der Waals surface area contributed by atoms with Gasteiger partial charge in [0.25, 0.3) is 0 Å². The Balaban J connectivity index is 1.54. The van der Waals surface area contributed by atoms with Gasteiger partial charge in [0, 0.05) is 50.4 Å². The molecule has 0 saturated heterocycles. The number of benzene rings is 1. The van der Waals surface area contributed by atoms with Gasteiger partial charge in [-0.1, -0.05) is 12.1 Å². The SMILES string of the molecule is CN(Cc1ccc(F)cc1F)C(=O)NCc1ccc(-n2cccn2)nc1. The van der Waals surface area contributed by atoms with E-state index < -0.39 is 11.6 Å². The van der Waals surface area contributed by atoms with Crippen LogP contribution < -0.4 is 5.32 Å². The zero-order chi connectivity index (χ0) is 18.5. The van der Waals surface area contributed by atoms with E-state index in [1.807, 2.05) is 6.07 Å². The summed E-state index contributed by atoms with van der Waals surface area (Å²) in [5, 5.41) is 6.82. The van der Waals surface area contributed by atoms with Crippen molar-refractivity contribution in [2.75, 3.05) is 7.05 Å². The Bertz CT molecular complexity index is 881. The first kappa shape index (κ1) is 17.5. The number of halogens is 2. The van der Waals surface area contributed by atoms with Gasteiger partial charge in [-0.05, 0) is 23.8 Å². The van der Waals surface area contributed by atoms with Gasteiger partial charge in [-0.15, -0.1) is 0 Å². The second-order valence-corrected chi connectivity index (χ2v) is 5.73. The van der Waals surface area contributed by atoms with Crippen LogP contribution in [-0.2, 0) is 13.1 Å². The summed E-state index contributed by atoms with van der Waals surface area (Å²) < 4.78 is 28.2. The molecule has 1 aromatic carbocycles. The van der Waals surface area contributed by atoms with Crippen molar-refractivity contribution >= 4 is 6.03 Å². The van der Waals surface area contributed by atoms with Crippen molar-refractivity contribution in [3.63, 3.8) is 0 Å². The molecule has 0 bridgehead atoms. The lowest BCUT2D eigenvalue weighted by Gasteiger charge is -2.18. The van der Waals surface area contributed by atoms with E-state index in [4.69, 9.17) is 0 Å². The monoisotopic (exact) mass is 357 g/mol. The third kappa shape index (κ3) is 4.21. The highest BCUT2D eigenvalue weighted by molar-refractivity contribution is 5.73. The van der Waals surface area contributed by atoms with Gasteiger partial charge in [-0.3, -0.25) is 0 Å². The molecule has 134 valence electrons. The molecule has 2 amide bonds. The molecule has 0 saturated carbocycles. The van der Waals surface area contributed by atoms with Crippen LogP contribution in [-0.4, -0.2) is 32.7 Å². The van der Waals surface area contributed by atoms with E-state index in [2.05, 4.69) is 15.4 Å². The van der Waals surface area contributed by atoms with E-state index in [0.29, 0.717) is 5.82 Å². The molecule has 0 unspecified atom stereocenters. The second kappa shape index (κ2) is 7.73. The fourth-order valence-electron chi connectivity index (χ4n) is 2.35. The Kier molecular flexibility index (Phi) is 5.21. The summed E-state index contributed by atoms with van der Waals surface area (Å²) >= 11 is 0. The van der Waals surface area contributed by atoms with Crippen molar-refractivity contribution in [3.05, 3.63) is 77.8 Å². The number of urea groups is 1.